The first-order chi connectivity index (χ1) is 7.13. The lowest BCUT2D eigenvalue weighted by molar-refractivity contribution is 0.550. The van der Waals surface area contributed by atoms with Gasteiger partial charge in [0, 0.05) is 12.2 Å². The second-order valence-corrected chi connectivity index (χ2v) is 4.24. The van der Waals surface area contributed by atoms with Crippen molar-refractivity contribution >= 4 is 5.69 Å². The van der Waals surface area contributed by atoms with Crippen LogP contribution in [0.4, 0.5) is 10.1 Å². The van der Waals surface area contributed by atoms with E-state index in [1.165, 1.54) is 12.8 Å². The summed E-state index contributed by atoms with van der Waals surface area (Å²) >= 11 is 0. The van der Waals surface area contributed by atoms with Crippen molar-refractivity contribution in [3.05, 3.63) is 29.6 Å². The van der Waals surface area contributed by atoms with Gasteiger partial charge in [-0.1, -0.05) is 26.3 Å². The number of halogens is 1. The molecule has 0 aliphatic heterocycles. The number of benzene rings is 1. The van der Waals surface area contributed by atoms with Crippen molar-refractivity contribution in [1.29, 1.82) is 0 Å². The summed E-state index contributed by atoms with van der Waals surface area (Å²) in [6.45, 7) is 7.08. The molecule has 15 heavy (non-hydrogen) atoms. The van der Waals surface area contributed by atoms with Gasteiger partial charge in [-0.25, -0.2) is 4.39 Å². The lowest BCUT2D eigenvalue weighted by atomic mass is 10.1. The second-order valence-electron chi connectivity index (χ2n) is 4.24. The van der Waals surface area contributed by atoms with Gasteiger partial charge in [0.15, 0.2) is 0 Å². The summed E-state index contributed by atoms with van der Waals surface area (Å²) in [6.07, 6.45) is 2.41. The summed E-state index contributed by atoms with van der Waals surface area (Å²) < 4.78 is 13.2. The van der Waals surface area contributed by atoms with Crippen molar-refractivity contribution in [1.82, 2.24) is 0 Å². The Morgan fingerprint density at radius 1 is 1.40 bits per heavy atom. The fraction of sp³-hybridized carbons (Fsp3) is 0.538. The Kier molecular flexibility index (Phi) is 4.60. The standard InChI is InChI=1S/C13H20FN/c1-4-5-10(2)9-15-12-7-6-11(3)13(14)8-12/h6-8,10,15H,4-5,9H2,1-3H3. The van der Waals surface area contributed by atoms with Crippen LogP contribution in [-0.2, 0) is 0 Å². The number of aryl methyl sites for hydroxylation is 1. The molecule has 0 saturated heterocycles. The van der Waals surface area contributed by atoms with Crippen LogP contribution in [0.25, 0.3) is 0 Å². The van der Waals surface area contributed by atoms with Gasteiger partial charge in [0.05, 0.1) is 0 Å². The first-order valence-electron chi connectivity index (χ1n) is 5.63. The van der Waals surface area contributed by atoms with Crippen molar-refractivity contribution in [2.75, 3.05) is 11.9 Å². The normalized spacial score (nSPS) is 12.5. The van der Waals surface area contributed by atoms with Gasteiger partial charge in [0.2, 0.25) is 0 Å². The Morgan fingerprint density at radius 3 is 2.73 bits per heavy atom. The number of hydrogen-bond donors (Lipinski definition) is 1. The van der Waals surface area contributed by atoms with Gasteiger partial charge in [0.25, 0.3) is 0 Å². The molecule has 0 aromatic heterocycles. The van der Waals surface area contributed by atoms with Crippen molar-refractivity contribution in [3.8, 4) is 0 Å². The van der Waals surface area contributed by atoms with Crippen LogP contribution in [-0.4, -0.2) is 6.54 Å². The minimum absolute atomic E-state index is 0.136. The maximum absolute atomic E-state index is 13.2. The van der Waals surface area contributed by atoms with E-state index in [1.807, 2.05) is 12.1 Å². The Labute approximate surface area is 91.7 Å². The SMILES string of the molecule is CCCC(C)CNc1ccc(C)c(F)c1. The maximum Gasteiger partial charge on any atom is 0.128 e. The molecule has 0 aliphatic rings. The predicted molar refractivity (Wildman–Crippen MR) is 63.7 cm³/mol. The molecule has 0 saturated carbocycles. The maximum atomic E-state index is 13.2. The Morgan fingerprint density at radius 2 is 2.13 bits per heavy atom. The fourth-order valence-corrected chi connectivity index (χ4v) is 1.59. The molecule has 2 heteroatoms. The molecule has 1 atom stereocenters. The number of nitrogens with one attached hydrogen (secondary N) is 1. The molecule has 1 aromatic carbocycles. The van der Waals surface area contributed by atoms with E-state index in [2.05, 4.69) is 19.2 Å². The molecule has 0 fully saturated rings. The van der Waals surface area contributed by atoms with Gasteiger partial charge in [-0.3, -0.25) is 0 Å². The van der Waals surface area contributed by atoms with E-state index < -0.39 is 0 Å². The zero-order chi connectivity index (χ0) is 11.3. The van der Waals surface area contributed by atoms with Crippen LogP contribution < -0.4 is 5.32 Å². The van der Waals surface area contributed by atoms with E-state index in [4.69, 9.17) is 0 Å². The van der Waals surface area contributed by atoms with E-state index in [-0.39, 0.29) is 5.82 Å². The molecule has 0 heterocycles. The Hall–Kier alpha value is -1.05. The van der Waals surface area contributed by atoms with E-state index in [0.717, 1.165) is 12.2 Å². The first-order valence-corrected chi connectivity index (χ1v) is 5.63. The summed E-state index contributed by atoms with van der Waals surface area (Å²) in [6, 6.07) is 5.30. The fourth-order valence-electron chi connectivity index (χ4n) is 1.59. The molecule has 1 nitrogen and oxygen atoms in total. The molecular formula is C13H20FN. The van der Waals surface area contributed by atoms with Crippen LogP contribution in [0.2, 0.25) is 0 Å². The van der Waals surface area contributed by atoms with Crippen LogP contribution in [0, 0.1) is 18.7 Å². The number of hydrogen-bond acceptors (Lipinski definition) is 1. The minimum Gasteiger partial charge on any atom is -0.385 e. The largest absolute Gasteiger partial charge is 0.385 e. The zero-order valence-corrected chi connectivity index (χ0v) is 9.81. The molecule has 1 rings (SSSR count). The third-order valence-electron chi connectivity index (χ3n) is 2.61. The van der Waals surface area contributed by atoms with E-state index >= 15 is 0 Å². The van der Waals surface area contributed by atoms with Crippen molar-refractivity contribution < 1.29 is 4.39 Å². The molecule has 84 valence electrons. The molecular weight excluding hydrogens is 189 g/mol. The zero-order valence-electron chi connectivity index (χ0n) is 9.81. The quantitative estimate of drug-likeness (QED) is 0.773. The summed E-state index contributed by atoms with van der Waals surface area (Å²) in [5.41, 5.74) is 1.57. The molecule has 0 radical (unpaired) electrons. The van der Waals surface area contributed by atoms with Gasteiger partial charge in [-0.15, -0.1) is 0 Å². The second kappa shape index (κ2) is 5.74. The first kappa shape index (κ1) is 12.0. The van der Waals surface area contributed by atoms with Crippen LogP contribution in [0.1, 0.15) is 32.3 Å². The topological polar surface area (TPSA) is 12.0 Å². The van der Waals surface area contributed by atoms with Gasteiger partial charge in [0.1, 0.15) is 5.82 Å². The number of anilines is 1. The lowest BCUT2D eigenvalue weighted by Gasteiger charge is -2.12. The summed E-state index contributed by atoms with van der Waals surface area (Å²) in [5, 5.41) is 3.26. The summed E-state index contributed by atoms with van der Waals surface area (Å²) in [5.74, 6) is 0.502. The molecule has 1 aromatic rings. The van der Waals surface area contributed by atoms with Crippen LogP contribution in [0.15, 0.2) is 18.2 Å². The lowest BCUT2D eigenvalue weighted by Crippen LogP contribution is -2.11. The number of rotatable bonds is 5. The van der Waals surface area contributed by atoms with E-state index in [0.29, 0.717) is 11.5 Å². The Balaban J connectivity index is 2.47. The average molecular weight is 209 g/mol. The Bertz CT molecular complexity index is 309. The third-order valence-corrected chi connectivity index (χ3v) is 2.61. The third kappa shape index (κ3) is 3.90. The summed E-state index contributed by atoms with van der Waals surface area (Å²) in [4.78, 5) is 0. The highest BCUT2D eigenvalue weighted by atomic mass is 19.1. The molecule has 0 spiro atoms. The minimum atomic E-state index is -0.136. The highest BCUT2D eigenvalue weighted by molar-refractivity contribution is 5.45. The molecule has 0 bridgehead atoms. The van der Waals surface area contributed by atoms with Crippen molar-refractivity contribution in [2.45, 2.75) is 33.6 Å². The van der Waals surface area contributed by atoms with Crippen molar-refractivity contribution in [3.63, 3.8) is 0 Å². The van der Waals surface area contributed by atoms with Gasteiger partial charge in [-0.05, 0) is 37.0 Å². The predicted octanol–water partition coefficient (Wildman–Crippen LogP) is 3.98. The highest BCUT2D eigenvalue weighted by Gasteiger charge is 2.02. The molecule has 0 aliphatic carbocycles. The van der Waals surface area contributed by atoms with Crippen LogP contribution in [0.3, 0.4) is 0 Å². The molecule has 0 amide bonds. The van der Waals surface area contributed by atoms with Crippen LogP contribution in [0.5, 0.6) is 0 Å². The monoisotopic (exact) mass is 209 g/mol. The van der Waals surface area contributed by atoms with E-state index in [1.54, 1.807) is 13.0 Å². The highest BCUT2D eigenvalue weighted by Crippen LogP contribution is 2.14. The molecule has 1 unspecified atom stereocenters. The van der Waals surface area contributed by atoms with Crippen molar-refractivity contribution in [2.24, 2.45) is 5.92 Å². The van der Waals surface area contributed by atoms with E-state index in [9.17, 15) is 4.39 Å². The van der Waals surface area contributed by atoms with Crippen LogP contribution >= 0.6 is 0 Å². The smallest absolute Gasteiger partial charge is 0.128 e. The average Bonchev–Trinajstić information content (AvgIpc) is 2.20. The van der Waals surface area contributed by atoms with Gasteiger partial charge < -0.3 is 5.32 Å². The van der Waals surface area contributed by atoms with Gasteiger partial charge >= 0.3 is 0 Å². The summed E-state index contributed by atoms with van der Waals surface area (Å²) in [7, 11) is 0. The molecule has 1 N–H and O–H groups in total. The van der Waals surface area contributed by atoms with Gasteiger partial charge in [-0.2, -0.15) is 0 Å².